The molecule has 0 aromatic heterocycles. The van der Waals surface area contributed by atoms with Gasteiger partial charge in [-0.2, -0.15) is 0 Å². The van der Waals surface area contributed by atoms with Crippen LogP contribution in [0.1, 0.15) is 27.0 Å². The molecule has 1 atom stereocenters. The normalized spacial score (nSPS) is 21.0. The monoisotopic (exact) mass is 353 g/mol. The highest BCUT2D eigenvalue weighted by Crippen LogP contribution is 2.31. The topological polar surface area (TPSA) is 54.5 Å². The van der Waals surface area contributed by atoms with E-state index in [1.165, 1.54) is 16.5 Å². The van der Waals surface area contributed by atoms with Gasteiger partial charge in [-0.1, -0.05) is 24.3 Å². The highest BCUT2D eigenvalue weighted by atomic mass is 32.2. The summed E-state index contributed by atoms with van der Waals surface area (Å²) >= 11 is 0. The van der Waals surface area contributed by atoms with Crippen molar-refractivity contribution < 1.29 is 13.2 Å². The van der Waals surface area contributed by atoms with Gasteiger partial charge in [0.15, 0.2) is 9.84 Å². The molecule has 4 nitrogen and oxygen atoms in total. The summed E-state index contributed by atoms with van der Waals surface area (Å²) in [7, 11) is -3.18. The van der Waals surface area contributed by atoms with Crippen molar-refractivity contribution in [2.45, 2.75) is 26.4 Å². The molecule has 128 valence electrons. The average molecular weight is 353 g/mol. The lowest BCUT2D eigenvalue weighted by molar-refractivity contribution is 0.0751. The van der Waals surface area contributed by atoms with E-state index in [0.29, 0.717) is 12.1 Å². The molecule has 0 bridgehead atoms. The fourth-order valence-electron chi connectivity index (χ4n) is 3.47. The predicted molar refractivity (Wildman–Crippen MR) is 97.9 cm³/mol. The number of nitrogens with zero attached hydrogens (tertiary/aromatic N) is 1. The number of hydrogen-bond donors (Lipinski definition) is 0. The Morgan fingerprint density at radius 2 is 1.72 bits per heavy atom. The average Bonchev–Trinajstić information content (AvgIpc) is 3.09. The van der Waals surface area contributed by atoms with E-state index in [2.05, 4.69) is 32.0 Å². The molecular weight excluding hydrogens is 334 g/mol. The Morgan fingerprint density at radius 3 is 2.40 bits per heavy atom. The van der Waals surface area contributed by atoms with Crippen molar-refractivity contribution in [2.75, 3.05) is 5.75 Å². The van der Waals surface area contributed by atoms with E-state index in [0.717, 1.165) is 16.7 Å². The van der Waals surface area contributed by atoms with Crippen LogP contribution in [0.2, 0.25) is 0 Å². The maximum absolute atomic E-state index is 12.6. The molecule has 0 saturated carbocycles. The molecule has 1 unspecified atom stereocenters. The second kappa shape index (κ2) is 5.56. The number of fused-ring (bicyclic) bond motifs is 1. The van der Waals surface area contributed by atoms with Gasteiger partial charge in [-0.15, -0.1) is 0 Å². The number of sulfone groups is 1. The first-order valence-electron chi connectivity index (χ1n) is 8.26. The molecule has 2 heterocycles. The Kier molecular flexibility index (Phi) is 3.58. The summed E-state index contributed by atoms with van der Waals surface area (Å²) in [6.07, 6.45) is 1.61. The number of rotatable bonds is 2. The largest absolute Gasteiger partial charge is 0.327 e. The lowest BCUT2D eigenvalue weighted by atomic mass is 9.97. The zero-order chi connectivity index (χ0) is 17.8. The molecule has 5 heteroatoms. The van der Waals surface area contributed by atoms with E-state index in [1.807, 2.05) is 18.2 Å². The Labute approximate surface area is 147 Å². The Bertz CT molecular complexity index is 1020. The van der Waals surface area contributed by atoms with Crippen LogP contribution >= 0.6 is 0 Å². The minimum atomic E-state index is -3.18. The maximum Gasteiger partial charge on any atom is 0.255 e. The van der Waals surface area contributed by atoms with E-state index < -0.39 is 9.84 Å². The third-order valence-electron chi connectivity index (χ3n) is 5.09. The molecular formula is C20H19NO3S. The van der Waals surface area contributed by atoms with Gasteiger partial charge in [0.25, 0.3) is 5.91 Å². The molecule has 0 radical (unpaired) electrons. The fraction of sp³-hybridized carbons (Fsp3) is 0.250. The molecule has 25 heavy (non-hydrogen) atoms. The van der Waals surface area contributed by atoms with Gasteiger partial charge in [0.05, 0.1) is 11.8 Å². The molecule has 0 aliphatic carbocycles. The summed E-state index contributed by atoms with van der Waals surface area (Å²) in [6, 6.07) is 11.8. The Hall–Kier alpha value is -2.40. The maximum atomic E-state index is 12.6. The van der Waals surface area contributed by atoms with Crippen LogP contribution in [0.15, 0.2) is 47.9 Å². The van der Waals surface area contributed by atoms with E-state index in [9.17, 15) is 13.2 Å². The molecule has 2 aliphatic heterocycles. The molecule has 2 aromatic carbocycles. The van der Waals surface area contributed by atoms with Crippen LogP contribution in [-0.2, 0) is 16.4 Å². The van der Waals surface area contributed by atoms with Crippen molar-refractivity contribution in [3.05, 3.63) is 70.1 Å². The highest BCUT2D eigenvalue weighted by molar-refractivity contribution is 7.94. The van der Waals surface area contributed by atoms with Crippen LogP contribution in [0.3, 0.4) is 0 Å². The minimum Gasteiger partial charge on any atom is -0.327 e. The SMILES string of the molecule is Cc1ccc(-c2ccc3c(c2)CN(C2C=CS(=O)(=O)C2)C3=O)cc1C. The third kappa shape index (κ3) is 2.78. The minimum absolute atomic E-state index is 0.0171. The molecule has 2 aliphatic rings. The first-order valence-corrected chi connectivity index (χ1v) is 9.98. The second-order valence-electron chi connectivity index (χ2n) is 6.83. The van der Waals surface area contributed by atoms with Gasteiger partial charge < -0.3 is 4.90 Å². The molecule has 2 aromatic rings. The number of hydrogen-bond acceptors (Lipinski definition) is 3. The third-order valence-corrected chi connectivity index (χ3v) is 6.47. The van der Waals surface area contributed by atoms with Crippen LogP contribution in [0.25, 0.3) is 11.1 Å². The van der Waals surface area contributed by atoms with Gasteiger partial charge >= 0.3 is 0 Å². The molecule has 0 saturated heterocycles. The van der Waals surface area contributed by atoms with E-state index in [-0.39, 0.29) is 17.7 Å². The van der Waals surface area contributed by atoms with Crippen LogP contribution in [0.4, 0.5) is 0 Å². The van der Waals surface area contributed by atoms with Crippen molar-refractivity contribution >= 4 is 15.7 Å². The number of aryl methyl sites for hydroxylation is 2. The number of amides is 1. The predicted octanol–water partition coefficient (Wildman–Crippen LogP) is 3.24. The first kappa shape index (κ1) is 16.1. The van der Waals surface area contributed by atoms with E-state index in [4.69, 9.17) is 0 Å². The molecule has 0 fully saturated rings. The van der Waals surface area contributed by atoms with E-state index >= 15 is 0 Å². The van der Waals surface area contributed by atoms with Crippen molar-refractivity contribution in [3.8, 4) is 11.1 Å². The Balaban J connectivity index is 1.66. The molecule has 0 spiro atoms. The summed E-state index contributed by atoms with van der Waals surface area (Å²) in [5.74, 6) is -0.107. The Morgan fingerprint density at radius 1 is 1.00 bits per heavy atom. The van der Waals surface area contributed by atoms with Gasteiger partial charge in [-0.25, -0.2) is 8.42 Å². The number of carbonyl (C=O) groups excluding carboxylic acids is 1. The lowest BCUT2D eigenvalue weighted by Gasteiger charge is -2.21. The van der Waals surface area contributed by atoms with E-state index in [1.54, 1.807) is 11.0 Å². The number of benzene rings is 2. The van der Waals surface area contributed by atoms with Crippen molar-refractivity contribution in [3.63, 3.8) is 0 Å². The molecule has 0 N–H and O–H groups in total. The zero-order valence-corrected chi connectivity index (χ0v) is 15.0. The summed E-state index contributed by atoms with van der Waals surface area (Å²) < 4.78 is 23.3. The summed E-state index contributed by atoms with van der Waals surface area (Å²) in [6.45, 7) is 4.63. The first-order chi connectivity index (χ1) is 11.8. The highest BCUT2D eigenvalue weighted by Gasteiger charge is 2.36. The van der Waals surface area contributed by atoms with Crippen molar-refractivity contribution in [1.82, 2.24) is 4.90 Å². The van der Waals surface area contributed by atoms with Gasteiger partial charge in [-0.3, -0.25) is 4.79 Å². The van der Waals surface area contributed by atoms with Gasteiger partial charge in [0.2, 0.25) is 0 Å². The zero-order valence-electron chi connectivity index (χ0n) is 14.2. The lowest BCUT2D eigenvalue weighted by Crippen LogP contribution is -2.36. The van der Waals surface area contributed by atoms with Gasteiger partial charge in [0.1, 0.15) is 0 Å². The fourth-order valence-corrected chi connectivity index (χ4v) is 4.76. The van der Waals surface area contributed by atoms with Gasteiger partial charge in [-0.05, 0) is 59.9 Å². The smallest absolute Gasteiger partial charge is 0.255 e. The number of carbonyl (C=O) groups is 1. The molecule has 1 amide bonds. The van der Waals surface area contributed by atoms with Crippen molar-refractivity contribution in [2.24, 2.45) is 0 Å². The molecule has 4 rings (SSSR count). The van der Waals surface area contributed by atoms with Gasteiger partial charge in [0, 0.05) is 17.5 Å². The standard InChI is InChI=1S/C20H19NO3S/c1-13-3-4-15(9-14(13)2)16-5-6-19-17(10-16)11-21(20(19)22)18-7-8-25(23,24)12-18/h3-10,18H,11-12H2,1-2H3. The second-order valence-corrected chi connectivity index (χ2v) is 8.76. The van der Waals surface area contributed by atoms with Crippen molar-refractivity contribution in [1.29, 1.82) is 0 Å². The summed E-state index contributed by atoms with van der Waals surface area (Å²) in [4.78, 5) is 14.3. The van der Waals surface area contributed by atoms with Crippen LogP contribution in [0, 0.1) is 13.8 Å². The summed E-state index contributed by atoms with van der Waals surface area (Å²) in [5.41, 5.74) is 6.31. The summed E-state index contributed by atoms with van der Waals surface area (Å²) in [5, 5.41) is 1.22. The van der Waals surface area contributed by atoms with Crippen LogP contribution in [0.5, 0.6) is 0 Å². The van der Waals surface area contributed by atoms with Crippen LogP contribution < -0.4 is 0 Å². The van der Waals surface area contributed by atoms with Crippen LogP contribution in [-0.4, -0.2) is 31.0 Å². The quantitative estimate of drug-likeness (QED) is 0.833.